The van der Waals surface area contributed by atoms with Crippen molar-refractivity contribution in [1.29, 1.82) is 0 Å². The molecule has 3 aromatic heterocycles. The van der Waals surface area contributed by atoms with Gasteiger partial charge in [-0.05, 0) is 51.4 Å². The van der Waals surface area contributed by atoms with Gasteiger partial charge in [0, 0.05) is 37.9 Å². The molecule has 0 spiro atoms. The van der Waals surface area contributed by atoms with E-state index in [0.717, 1.165) is 17.2 Å². The Morgan fingerprint density at radius 3 is 1.96 bits per heavy atom. The lowest BCUT2D eigenvalue weighted by Gasteiger charge is -2.28. The summed E-state index contributed by atoms with van der Waals surface area (Å²) in [6.07, 6.45) is 0. The van der Waals surface area contributed by atoms with E-state index in [4.69, 9.17) is 4.99 Å². The molecule has 0 aliphatic carbocycles. The standard InChI is InChI=1S/C46H28N4/c1-2-13-28-26-29(25-24-27(28)12-1)42-34-17-5-8-21-37(34)47-46(48-42)50-39-23-10-7-18-35(39)40-31-15-3-4-16-32(31)41-36-20-11-19-33-30-14-6-9-22-38(30)49(43(33)36)44(41)45(40)50/h1-26,42H,(H,47,48). The Balaban J connectivity index is 1.27. The zero-order chi connectivity index (χ0) is 32.5. The highest BCUT2D eigenvalue weighted by atomic mass is 15.2. The molecule has 0 saturated carbocycles. The lowest BCUT2D eigenvalue weighted by molar-refractivity contribution is 0.732. The van der Waals surface area contributed by atoms with Crippen molar-refractivity contribution < 1.29 is 0 Å². The molecule has 0 fully saturated rings. The molecule has 1 unspecified atom stereocenters. The van der Waals surface area contributed by atoms with Crippen molar-refractivity contribution in [3.8, 4) is 0 Å². The van der Waals surface area contributed by atoms with E-state index in [2.05, 4.69) is 172 Å². The summed E-state index contributed by atoms with van der Waals surface area (Å²) in [6, 6.07) is 57.3. The maximum Gasteiger partial charge on any atom is 0.209 e. The first-order valence-electron chi connectivity index (χ1n) is 17.3. The summed E-state index contributed by atoms with van der Waals surface area (Å²) >= 11 is 0. The number of nitrogens with one attached hydrogen (secondary N) is 1. The average molecular weight is 637 g/mol. The van der Waals surface area contributed by atoms with Gasteiger partial charge >= 0.3 is 0 Å². The Labute approximate surface area is 286 Å². The molecule has 0 amide bonds. The Morgan fingerprint density at radius 1 is 0.460 bits per heavy atom. The minimum Gasteiger partial charge on any atom is -0.344 e. The third kappa shape index (κ3) is 3.28. The van der Waals surface area contributed by atoms with E-state index in [1.54, 1.807) is 0 Å². The second-order valence-corrected chi connectivity index (χ2v) is 13.6. The van der Waals surface area contributed by atoms with Crippen LogP contribution in [0, 0.1) is 0 Å². The van der Waals surface area contributed by atoms with E-state index >= 15 is 0 Å². The first-order chi connectivity index (χ1) is 24.8. The van der Waals surface area contributed by atoms with Gasteiger partial charge < -0.3 is 9.72 Å². The molecule has 8 aromatic carbocycles. The fourth-order valence-corrected chi connectivity index (χ4v) is 9.02. The largest absolute Gasteiger partial charge is 0.344 e. The number of nitrogens with zero attached hydrogens (tertiary/aromatic N) is 3. The molecular weight excluding hydrogens is 609 g/mol. The topological polar surface area (TPSA) is 33.7 Å². The molecule has 1 N–H and O–H groups in total. The summed E-state index contributed by atoms with van der Waals surface area (Å²) in [5.41, 5.74) is 9.39. The second kappa shape index (κ2) is 9.49. The van der Waals surface area contributed by atoms with Crippen LogP contribution in [-0.4, -0.2) is 14.9 Å². The molecule has 11 aromatic rings. The molecule has 4 nitrogen and oxygen atoms in total. The fourth-order valence-electron chi connectivity index (χ4n) is 9.02. The lowest BCUT2D eigenvalue weighted by atomic mass is 9.94. The van der Waals surface area contributed by atoms with Gasteiger partial charge in [0.1, 0.15) is 0 Å². The molecule has 4 heteroatoms. The van der Waals surface area contributed by atoms with Gasteiger partial charge in [-0.25, -0.2) is 4.99 Å². The summed E-state index contributed by atoms with van der Waals surface area (Å²) in [5.74, 6) is 0.828. The minimum atomic E-state index is -0.0793. The second-order valence-electron chi connectivity index (χ2n) is 13.6. The smallest absolute Gasteiger partial charge is 0.209 e. The average Bonchev–Trinajstić information content (AvgIpc) is 3.83. The third-order valence-electron chi connectivity index (χ3n) is 11.1. The van der Waals surface area contributed by atoms with Crippen molar-refractivity contribution in [3.63, 3.8) is 0 Å². The van der Waals surface area contributed by atoms with E-state index in [1.807, 2.05) is 0 Å². The number of aromatic nitrogens is 2. The molecule has 0 bridgehead atoms. The number of para-hydroxylation sites is 4. The van der Waals surface area contributed by atoms with Crippen LogP contribution in [0.5, 0.6) is 0 Å². The van der Waals surface area contributed by atoms with Gasteiger partial charge in [0.2, 0.25) is 5.96 Å². The lowest BCUT2D eigenvalue weighted by Crippen LogP contribution is -2.36. The molecule has 1 aliphatic rings. The highest BCUT2D eigenvalue weighted by molar-refractivity contribution is 6.39. The third-order valence-corrected chi connectivity index (χ3v) is 11.1. The van der Waals surface area contributed by atoms with Crippen LogP contribution in [0.15, 0.2) is 163 Å². The summed E-state index contributed by atoms with van der Waals surface area (Å²) in [5, 5.41) is 16.6. The number of benzene rings is 8. The van der Waals surface area contributed by atoms with Gasteiger partial charge in [-0.15, -0.1) is 0 Å². The molecule has 50 heavy (non-hydrogen) atoms. The van der Waals surface area contributed by atoms with Crippen LogP contribution >= 0.6 is 0 Å². The number of aliphatic imine (C=N–C) groups is 1. The van der Waals surface area contributed by atoms with Gasteiger partial charge in [0.05, 0.1) is 39.3 Å². The maximum atomic E-state index is 5.44. The Kier molecular flexibility index (Phi) is 5.00. The first kappa shape index (κ1) is 26.3. The van der Waals surface area contributed by atoms with Crippen LogP contribution in [0.25, 0.3) is 81.4 Å². The van der Waals surface area contributed by atoms with Crippen LogP contribution in [0.3, 0.4) is 0 Å². The molecule has 0 radical (unpaired) electrons. The Morgan fingerprint density at radius 2 is 1.10 bits per heavy atom. The Hall–Kier alpha value is -6.65. The van der Waals surface area contributed by atoms with Gasteiger partial charge in [0.15, 0.2) is 0 Å². The number of hydrogen-bond acceptors (Lipinski definition) is 2. The zero-order valence-corrected chi connectivity index (χ0v) is 26.9. The summed E-state index contributed by atoms with van der Waals surface area (Å²) in [4.78, 5) is 5.44. The number of rotatable bonds is 1. The minimum absolute atomic E-state index is 0.0793. The SMILES string of the molecule is c1ccc2c(c1)N=C(n1c3ccccc3c3c4ccccc4c4c5cccc6c7ccccc7n(c65)c4c31)NC2c1ccc2ccccc2c1. The van der Waals surface area contributed by atoms with E-state index in [9.17, 15) is 0 Å². The van der Waals surface area contributed by atoms with Gasteiger partial charge in [-0.1, -0.05) is 133 Å². The van der Waals surface area contributed by atoms with Gasteiger partial charge in [-0.3, -0.25) is 4.57 Å². The number of fused-ring (bicyclic) bond motifs is 15. The van der Waals surface area contributed by atoms with Gasteiger partial charge in [-0.2, -0.15) is 0 Å². The van der Waals surface area contributed by atoms with Crippen LogP contribution in [0.4, 0.5) is 5.69 Å². The first-order valence-corrected chi connectivity index (χ1v) is 17.3. The van der Waals surface area contributed by atoms with Crippen molar-refractivity contribution >= 4 is 93.1 Å². The molecule has 232 valence electrons. The van der Waals surface area contributed by atoms with Crippen molar-refractivity contribution in [2.75, 3.05) is 0 Å². The van der Waals surface area contributed by atoms with E-state index < -0.39 is 0 Å². The van der Waals surface area contributed by atoms with Crippen molar-refractivity contribution in [3.05, 3.63) is 169 Å². The molecule has 12 rings (SSSR count). The zero-order valence-electron chi connectivity index (χ0n) is 26.9. The highest BCUT2D eigenvalue weighted by Crippen LogP contribution is 2.48. The molecule has 4 heterocycles. The van der Waals surface area contributed by atoms with Crippen LogP contribution in [0.2, 0.25) is 0 Å². The van der Waals surface area contributed by atoms with Crippen LogP contribution in [-0.2, 0) is 0 Å². The van der Waals surface area contributed by atoms with Crippen molar-refractivity contribution in [2.45, 2.75) is 6.04 Å². The predicted molar refractivity (Wildman–Crippen MR) is 209 cm³/mol. The maximum absolute atomic E-state index is 5.44. The Bertz CT molecular complexity index is 3240. The summed E-state index contributed by atoms with van der Waals surface area (Å²) in [6.45, 7) is 0. The molecule has 1 aliphatic heterocycles. The fraction of sp³-hybridized carbons (Fsp3) is 0.0217. The highest BCUT2D eigenvalue weighted by Gasteiger charge is 2.30. The van der Waals surface area contributed by atoms with Crippen molar-refractivity contribution in [1.82, 2.24) is 14.3 Å². The quantitative estimate of drug-likeness (QED) is 0.191. The van der Waals surface area contributed by atoms with Crippen LogP contribution in [0.1, 0.15) is 17.2 Å². The normalized spacial score (nSPS) is 14.9. The monoisotopic (exact) mass is 636 g/mol. The predicted octanol–water partition coefficient (Wildman–Crippen LogP) is 11.5. The van der Waals surface area contributed by atoms with E-state index in [1.165, 1.54) is 87.1 Å². The summed E-state index contributed by atoms with van der Waals surface area (Å²) < 4.78 is 4.93. The van der Waals surface area contributed by atoms with Gasteiger partial charge in [0.25, 0.3) is 0 Å². The van der Waals surface area contributed by atoms with Crippen LogP contribution < -0.4 is 5.32 Å². The summed E-state index contributed by atoms with van der Waals surface area (Å²) in [7, 11) is 0. The van der Waals surface area contributed by atoms with E-state index in [-0.39, 0.29) is 6.04 Å². The molecule has 0 saturated heterocycles. The molecular formula is C46H28N4. The number of hydrogen-bond donors (Lipinski definition) is 1. The van der Waals surface area contributed by atoms with E-state index in [0.29, 0.717) is 0 Å². The van der Waals surface area contributed by atoms with Crippen molar-refractivity contribution in [2.24, 2.45) is 4.99 Å². The molecule has 1 atom stereocenters.